The molecule has 1 amide bonds. The van der Waals surface area contributed by atoms with Crippen LogP contribution in [0.1, 0.15) is 17.5 Å². The molecule has 0 spiro atoms. The van der Waals surface area contributed by atoms with E-state index in [0.717, 1.165) is 16.7 Å². The molecule has 0 radical (unpaired) electrons. The molecule has 182 valence electrons. The highest BCUT2D eigenvalue weighted by Crippen LogP contribution is 2.38. The standard InChI is InChI=1S/C25H26N4O6/c1-15-5-7-17(8-6-15)22-21-24(35-28-22)27-14-29(25(21)31)10-9-20(30)26-13-16-11-18(32-2)23(34-4)19(12-16)33-3/h5-8,11-12,14H,9-10,13H2,1-4H3,(H,26,30). The van der Waals surface area contributed by atoms with Gasteiger partial charge >= 0.3 is 0 Å². The van der Waals surface area contributed by atoms with Gasteiger partial charge in [-0.3, -0.25) is 14.2 Å². The van der Waals surface area contributed by atoms with E-state index in [4.69, 9.17) is 18.7 Å². The Morgan fingerprint density at radius 3 is 2.37 bits per heavy atom. The summed E-state index contributed by atoms with van der Waals surface area (Å²) in [5.41, 5.74) is 2.90. The number of hydrogen-bond donors (Lipinski definition) is 1. The fraction of sp³-hybridized carbons (Fsp3) is 0.280. The van der Waals surface area contributed by atoms with Crippen LogP contribution in [-0.4, -0.2) is 41.9 Å². The van der Waals surface area contributed by atoms with Gasteiger partial charge in [0.1, 0.15) is 17.4 Å². The van der Waals surface area contributed by atoms with Gasteiger partial charge in [0.05, 0.1) is 21.3 Å². The van der Waals surface area contributed by atoms with Crippen molar-refractivity contribution in [3.05, 3.63) is 64.2 Å². The molecule has 0 unspecified atom stereocenters. The molecule has 35 heavy (non-hydrogen) atoms. The van der Waals surface area contributed by atoms with E-state index in [1.807, 2.05) is 31.2 Å². The average Bonchev–Trinajstić information content (AvgIpc) is 3.31. The van der Waals surface area contributed by atoms with E-state index in [1.54, 1.807) is 12.1 Å². The van der Waals surface area contributed by atoms with Crippen LogP contribution in [0, 0.1) is 6.92 Å². The number of benzene rings is 2. The molecule has 0 aliphatic heterocycles. The van der Waals surface area contributed by atoms with Crippen LogP contribution < -0.4 is 25.1 Å². The number of fused-ring (bicyclic) bond motifs is 1. The van der Waals surface area contributed by atoms with Gasteiger partial charge in [0, 0.05) is 25.1 Å². The number of nitrogens with one attached hydrogen (secondary N) is 1. The van der Waals surface area contributed by atoms with Gasteiger partial charge in [-0.15, -0.1) is 0 Å². The lowest BCUT2D eigenvalue weighted by atomic mass is 10.1. The Kier molecular flexibility index (Phi) is 7.00. The van der Waals surface area contributed by atoms with Crippen molar-refractivity contribution in [1.82, 2.24) is 20.0 Å². The SMILES string of the molecule is COc1cc(CNC(=O)CCn2cnc3onc(-c4ccc(C)cc4)c3c2=O)cc(OC)c1OC. The number of nitrogens with zero attached hydrogens (tertiary/aromatic N) is 3. The van der Waals surface area contributed by atoms with Gasteiger partial charge in [-0.05, 0) is 24.6 Å². The second-order valence-corrected chi connectivity index (χ2v) is 7.88. The van der Waals surface area contributed by atoms with E-state index >= 15 is 0 Å². The molecule has 10 heteroatoms. The van der Waals surface area contributed by atoms with E-state index in [-0.39, 0.29) is 42.1 Å². The minimum absolute atomic E-state index is 0.0860. The lowest BCUT2D eigenvalue weighted by molar-refractivity contribution is -0.121. The van der Waals surface area contributed by atoms with E-state index in [1.165, 1.54) is 32.2 Å². The van der Waals surface area contributed by atoms with Crippen LogP contribution in [0.4, 0.5) is 0 Å². The number of rotatable bonds is 9. The van der Waals surface area contributed by atoms with Crippen molar-refractivity contribution in [2.24, 2.45) is 0 Å². The van der Waals surface area contributed by atoms with Crippen molar-refractivity contribution in [3.8, 4) is 28.5 Å². The second-order valence-electron chi connectivity index (χ2n) is 7.88. The smallest absolute Gasteiger partial charge is 0.266 e. The van der Waals surface area contributed by atoms with E-state index in [0.29, 0.717) is 22.9 Å². The van der Waals surface area contributed by atoms with Gasteiger partial charge in [0.15, 0.2) is 11.5 Å². The molecule has 0 bridgehead atoms. The van der Waals surface area contributed by atoms with Crippen molar-refractivity contribution < 1.29 is 23.5 Å². The highest BCUT2D eigenvalue weighted by molar-refractivity contribution is 5.88. The topological polar surface area (TPSA) is 118 Å². The summed E-state index contributed by atoms with van der Waals surface area (Å²) in [6.45, 7) is 2.39. The van der Waals surface area contributed by atoms with Gasteiger partial charge in [-0.25, -0.2) is 4.98 Å². The predicted octanol–water partition coefficient (Wildman–Crippen LogP) is 3.09. The predicted molar refractivity (Wildman–Crippen MR) is 129 cm³/mol. The summed E-state index contributed by atoms with van der Waals surface area (Å²) in [7, 11) is 4.59. The van der Waals surface area contributed by atoms with Gasteiger partial charge in [0.2, 0.25) is 11.7 Å². The number of carbonyl (C=O) groups excluding carboxylic acids is 1. The second kappa shape index (κ2) is 10.3. The first kappa shape index (κ1) is 23.8. The summed E-state index contributed by atoms with van der Waals surface area (Å²) in [4.78, 5) is 29.8. The van der Waals surface area contributed by atoms with E-state index in [2.05, 4.69) is 15.5 Å². The summed E-state index contributed by atoms with van der Waals surface area (Å²) < 4.78 is 22.6. The molecule has 4 rings (SSSR count). The molecular weight excluding hydrogens is 452 g/mol. The largest absolute Gasteiger partial charge is 0.493 e. The fourth-order valence-electron chi connectivity index (χ4n) is 3.70. The molecule has 2 aromatic heterocycles. The van der Waals surface area contributed by atoms with Crippen LogP contribution in [0.2, 0.25) is 0 Å². The van der Waals surface area contributed by atoms with Gasteiger partial charge in [0.25, 0.3) is 11.3 Å². The lowest BCUT2D eigenvalue weighted by Gasteiger charge is -2.14. The molecule has 2 heterocycles. The quantitative estimate of drug-likeness (QED) is 0.390. The summed E-state index contributed by atoms with van der Waals surface area (Å²) >= 11 is 0. The van der Waals surface area contributed by atoms with Crippen LogP contribution in [0.5, 0.6) is 17.2 Å². The van der Waals surface area contributed by atoms with Gasteiger partial charge in [-0.2, -0.15) is 0 Å². The molecular formula is C25H26N4O6. The number of hydrogen-bond acceptors (Lipinski definition) is 8. The third kappa shape index (κ3) is 4.96. The number of aromatic nitrogens is 3. The zero-order chi connectivity index (χ0) is 24.9. The minimum Gasteiger partial charge on any atom is -0.493 e. The highest BCUT2D eigenvalue weighted by atomic mass is 16.5. The van der Waals surface area contributed by atoms with Crippen molar-refractivity contribution >= 4 is 17.0 Å². The number of amides is 1. The molecule has 4 aromatic rings. The number of carbonyl (C=O) groups is 1. The zero-order valence-corrected chi connectivity index (χ0v) is 20.0. The molecule has 0 aliphatic rings. The Hall–Kier alpha value is -4.34. The van der Waals surface area contributed by atoms with E-state index in [9.17, 15) is 9.59 Å². The van der Waals surface area contributed by atoms with Gasteiger partial charge < -0.3 is 24.1 Å². The monoisotopic (exact) mass is 478 g/mol. The van der Waals surface area contributed by atoms with Crippen molar-refractivity contribution in [2.45, 2.75) is 26.4 Å². The van der Waals surface area contributed by atoms with Gasteiger partial charge in [-0.1, -0.05) is 35.0 Å². The molecule has 2 aromatic carbocycles. The summed E-state index contributed by atoms with van der Waals surface area (Å²) in [5.74, 6) is 1.25. The van der Waals surface area contributed by atoms with E-state index < -0.39 is 0 Å². The first-order chi connectivity index (χ1) is 16.9. The third-order valence-electron chi connectivity index (χ3n) is 5.58. The summed E-state index contributed by atoms with van der Waals surface area (Å²) in [6, 6.07) is 11.1. The normalized spacial score (nSPS) is 10.9. The van der Waals surface area contributed by atoms with Crippen molar-refractivity contribution in [2.75, 3.05) is 21.3 Å². The van der Waals surface area contributed by atoms with Crippen molar-refractivity contribution in [3.63, 3.8) is 0 Å². The number of methoxy groups -OCH3 is 3. The summed E-state index contributed by atoms with van der Waals surface area (Å²) in [5, 5.41) is 7.17. The van der Waals surface area contributed by atoms with Crippen LogP contribution in [0.3, 0.4) is 0 Å². The molecule has 10 nitrogen and oxygen atoms in total. The minimum atomic E-state index is -0.316. The number of ether oxygens (including phenoxy) is 3. The first-order valence-electron chi connectivity index (χ1n) is 10.9. The zero-order valence-electron chi connectivity index (χ0n) is 20.0. The average molecular weight is 479 g/mol. The maximum absolute atomic E-state index is 13.1. The Morgan fingerprint density at radius 2 is 1.74 bits per heavy atom. The number of aryl methyl sites for hydroxylation is 2. The van der Waals surface area contributed by atoms with Crippen LogP contribution in [0.15, 0.2) is 52.0 Å². The third-order valence-corrected chi connectivity index (χ3v) is 5.58. The molecule has 0 fully saturated rings. The maximum atomic E-state index is 13.1. The highest BCUT2D eigenvalue weighted by Gasteiger charge is 2.18. The molecule has 0 saturated heterocycles. The maximum Gasteiger partial charge on any atom is 0.266 e. The van der Waals surface area contributed by atoms with Crippen molar-refractivity contribution in [1.29, 1.82) is 0 Å². The first-order valence-corrected chi connectivity index (χ1v) is 10.9. The van der Waals surface area contributed by atoms with Crippen LogP contribution in [0.25, 0.3) is 22.4 Å². The Balaban J connectivity index is 1.46. The summed E-state index contributed by atoms with van der Waals surface area (Å²) in [6.07, 6.45) is 1.45. The van der Waals surface area contributed by atoms with Crippen LogP contribution >= 0.6 is 0 Å². The fourth-order valence-corrected chi connectivity index (χ4v) is 3.70. The lowest BCUT2D eigenvalue weighted by Crippen LogP contribution is -2.27. The van der Waals surface area contributed by atoms with Crippen LogP contribution in [-0.2, 0) is 17.9 Å². The molecule has 0 atom stereocenters. The molecule has 0 saturated carbocycles. The Bertz CT molecular complexity index is 1380. The Labute approximate surface area is 201 Å². The Morgan fingerprint density at radius 1 is 1.06 bits per heavy atom. The molecule has 1 N–H and O–H groups in total. The molecule has 0 aliphatic carbocycles.